The molecule has 0 radical (unpaired) electrons. The summed E-state index contributed by atoms with van der Waals surface area (Å²) in [5.41, 5.74) is 15.5. The van der Waals surface area contributed by atoms with Gasteiger partial charge in [0.25, 0.3) is 0 Å². The molecular formula is C53H40N4OPt. The maximum atomic E-state index is 6.80. The van der Waals surface area contributed by atoms with Crippen LogP contribution in [0, 0.1) is 10.7 Å². The zero-order valence-electron chi connectivity index (χ0n) is 32.6. The Morgan fingerprint density at radius 1 is 0.508 bits per heavy atom. The molecule has 0 N–H and O–H groups in total. The molecule has 1 aliphatic rings. The van der Waals surface area contributed by atoms with Crippen molar-refractivity contribution in [3.05, 3.63) is 197 Å². The Kier molecular flexibility index (Phi) is 8.86. The summed E-state index contributed by atoms with van der Waals surface area (Å²) >= 11 is 2.50. The van der Waals surface area contributed by atoms with E-state index in [1.54, 1.807) is 0 Å². The van der Waals surface area contributed by atoms with Crippen LogP contribution in [0.15, 0.2) is 176 Å². The van der Waals surface area contributed by atoms with Crippen molar-refractivity contribution in [1.29, 1.82) is 0 Å². The van der Waals surface area contributed by atoms with Gasteiger partial charge in [-0.2, -0.15) is 0 Å². The average Bonchev–Trinajstić information content (AvgIpc) is 3.75. The molecular weight excluding hydrogens is 904 g/mol. The fraction of sp³-hybridized carbons (Fsp3) is 0.0943. The first-order valence-electron chi connectivity index (χ1n) is 20.3. The van der Waals surface area contributed by atoms with Crippen LogP contribution < -0.4 is 4.74 Å². The van der Waals surface area contributed by atoms with Crippen LogP contribution in [0.3, 0.4) is 0 Å². The summed E-state index contributed by atoms with van der Waals surface area (Å²) in [4.78, 5) is 4.87. The van der Waals surface area contributed by atoms with Crippen molar-refractivity contribution in [2.24, 2.45) is 0 Å². The number of aryl methyl sites for hydroxylation is 3. The van der Waals surface area contributed by atoms with Crippen LogP contribution in [-0.4, -0.2) is 18.7 Å². The molecule has 0 amide bonds. The van der Waals surface area contributed by atoms with Crippen LogP contribution in [0.4, 0.5) is 0 Å². The second kappa shape index (κ2) is 14.7. The van der Waals surface area contributed by atoms with Crippen LogP contribution >= 0.6 is 0 Å². The van der Waals surface area contributed by atoms with E-state index in [9.17, 15) is 0 Å². The summed E-state index contributed by atoms with van der Waals surface area (Å²) in [6.07, 6.45) is 6.67. The molecule has 6 heteroatoms. The van der Waals surface area contributed by atoms with Crippen LogP contribution in [0.5, 0.6) is 11.5 Å². The van der Waals surface area contributed by atoms with E-state index in [1.807, 2.05) is 12.3 Å². The van der Waals surface area contributed by atoms with E-state index in [0.29, 0.717) is 0 Å². The van der Waals surface area contributed by atoms with Gasteiger partial charge in [0.2, 0.25) is 0 Å². The zero-order chi connectivity index (χ0) is 39.5. The third kappa shape index (κ3) is 6.20. The van der Waals surface area contributed by atoms with Gasteiger partial charge in [0.05, 0.1) is 0 Å². The molecule has 0 spiro atoms. The number of fused-ring (bicyclic) bond motifs is 5. The summed E-state index contributed by atoms with van der Waals surface area (Å²) < 4.78 is 14.9. The zero-order valence-corrected chi connectivity index (χ0v) is 34.9. The van der Waals surface area contributed by atoms with Gasteiger partial charge in [0.1, 0.15) is 0 Å². The summed E-state index contributed by atoms with van der Waals surface area (Å²) in [6, 6.07) is 60.7. The normalized spacial score (nSPS) is 12.7. The van der Waals surface area contributed by atoms with Gasteiger partial charge in [-0.3, -0.25) is 0 Å². The van der Waals surface area contributed by atoms with Crippen molar-refractivity contribution in [1.82, 2.24) is 18.7 Å². The quantitative estimate of drug-likeness (QED) is 0.160. The van der Waals surface area contributed by atoms with Crippen LogP contribution in [0.1, 0.15) is 29.5 Å². The minimum Gasteiger partial charge on any atom is -0.0489 e. The van der Waals surface area contributed by atoms with E-state index in [-0.39, 0.29) is 0 Å². The van der Waals surface area contributed by atoms with Gasteiger partial charge in [0, 0.05) is 6.20 Å². The molecule has 0 fully saturated rings. The number of para-hydroxylation sites is 3. The summed E-state index contributed by atoms with van der Waals surface area (Å²) in [5, 5.41) is 2.48. The number of nitrogens with zero attached hydrogens (tertiary/aromatic N) is 4. The van der Waals surface area contributed by atoms with Crippen molar-refractivity contribution in [3.8, 4) is 50.9 Å². The molecule has 7 aromatic carbocycles. The number of aromatic nitrogens is 4. The van der Waals surface area contributed by atoms with E-state index in [0.717, 1.165) is 61.9 Å². The molecule has 288 valence electrons. The van der Waals surface area contributed by atoms with Crippen LogP contribution in [-0.2, 0) is 32.2 Å². The molecule has 0 unspecified atom stereocenters. The summed E-state index contributed by atoms with van der Waals surface area (Å²) in [5.74, 6) is 2.47. The van der Waals surface area contributed by atoms with E-state index in [2.05, 4.69) is 204 Å². The van der Waals surface area contributed by atoms with Gasteiger partial charge >= 0.3 is 294 Å². The van der Waals surface area contributed by atoms with Crippen molar-refractivity contribution >= 4 is 32.8 Å². The average molecular weight is 944 g/mol. The molecule has 3 aromatic heterocycles. The van der Waals surface area contributed by atoms with E-state index in [1.165, 1.54) is 68.1 Å². The fourth-order valence-electron chi connectivity index (χ4n) is 9.06. The van der Waals surface area contributed by atoms with Crippen molar-refractivity contribution in [3.63, 3.8) is 0 Å². The molecule has 0 bridgehead atoms. The molecule has 0 saturated heterocycles. The predicted octanol–water partition coefficient (Wildman–Crippen LogP) is 13.3. The van der Waals surface area contributed by atoms with Gasteiger partial charge < -0.3 is 0 Å². The number of ether oxygens (including phenoxy) is 1. The van der Waals surface area contributed by atoms with E-state index in [4.69, 9.17) is 9.72 Å². The maximum absolute atomic E-state index is 6.80. The second-order valence-electron chi connectivity index (χ2n) is 15.5. The molecule has 59 heavy (non-hydrogen) atoms. The Morgan fingerprint density at radius 2 is 1.14 bits per heavy atom. The smallest absolute Gasteiger partial charge is 0.0489 e. The Morgan fingerprint density at radius 3 is 1.85 bits per heavy atom. The fourth-order valence-corrected chi connectivity index (χ4v) is 10.2. The van der Waals surface area contributed by atoms with Crippen LogP contribution in [0.2, 0.25) is 0 Å². The van der Waals surface area contributed by atoms with Gasteiger partial charge in [-0.25, -0.2) is 0 Å². The first-order valence-corrected chi connectivity index (χ1v) is 21.5. The Bertz CT molecular complexity index is 3230. The predicted molar refractivity (Wildman–Crippen MR) is 237 cm³/mol. The van der Waals surface area contributed by atoms with Gasteiger partial charge in [0.15, 0.2) is 0 Å². The number of benzene rings is 7. The molecule has 1 aliphatic carbocycles. The standard InChI is InChI=1S/C53H40N4O.Pt/c1-36-28-29-54-52(30-36)57-50-32-40-19-9-8-18-39(40)31-47(50)46-27-26-43(34-51(46)57)58-42-21-12-20-41(33-42)55-35-56(49-25-11-10-24-48(49)55)53-44(37-14-4-2-5-15-37)22-13-23-45(53)38-16-6-3-7-17-38;/h2-7,10-17,20-34H,8-9,18-19H2,1H3;. The minimum atomic E-state index is 0.767. The number of imidazole rings is 1. The number of hydrogen-bond donors (Lipinski definition) is 0. The first-order chi connectivity index (χ1) is 29.1. The monoisotopic (exact) mass is 943 g/mol. The summed E-state index contributed by atoms with van der Waals surface area (Å²) in [7, 11) is 0. The molecule has 0 aliphatic heterocycles. The van der Waals surface area contributed by atoms with Crippen molar-refractivity contribution < 1.29 is 24.1 Å². The Hall–Kier alpha value is -6.55. The summed E-state index contributed by atoms with van der Waals surface area (Å²) in [6.45, 7) is 2.13. The SMILES string of the molecule is Cc1ccnc(-n2c3cc(Oc4cccc(-n5[c](=[Pt])n(-c6c(-c7ccccc7)cccc6-c6ccccc6)c6ccccc65)c4)ccc3c3cc4c(cc32)CCCC4)c1. The molecule has 0 atom stereocenters. The molecule has 11 rings (SSSR count). The molecule has 0 saturated carbocycles. The van der Waals surface area contributed by atoms with Crippen molar-refractivity contribution in [2.45, 2.75) is 32.6 Å². The Balaban J connectivity index is 1.05. The first kappa shape index (κ1) is 35.6. The third-order valence-electron chi connectivity index (χ3n) is 11.8. The number of rotatable bonds is 7. The van der Waals surface area contributed by atoms with Gasteiger partial charge in [-0.15, -0.1) is 0 Å². The number of hydrogen-bond acceptors (Lipinski definition) is 2. The van der Waals surface area contributed by atoms with E-state index >= 15 is 0 Å². The molecule has 10 aromatic rings. The molecule has 5 nitrogen and oxygen atoms in total. The topological polar surface area (TPSA) is 36.9 Å². The van der Waals surface area contributed by atoms with Crippen molar-refractivity contribution in [2.75, 3.05) is 0 Å². The Labute approximate surface area is 353 Å². The van der Waals surface area contributed by atoms with Gasteiger partial charge in [-0.1, -0.05) is 0 Å². The van der Waals surface area contributed by atoms with Gasteiger partial charge in [-0.05, 0) is 55.4 Å². The minimum absolute atomic E-state index is 0.767. The number of pyridine rings is 1. The van der Waals surface area contributed by atoms with Crippen LogP contribution in [0.25, 0.3) is 72.3 Å². The second-order valence-corrected chi connectivity index (χ2v) is 16.5. The third-order valence-corrected chi connectivity index (χ3v) is 12.8. The van der Waals surface area contributed by atoms with E-state index < -0.39 is 0 Å². The molecule has 3 heterocycles.